The fourth-order valence-corrected chi connectivity index (χ4v) is 1.79. The molecule has 0 aliphatic carbocycles. The zero-order valence-electron chi connectivity index (χ0n) is 11.0. The minimum atomic E-state index is 0.144. The van der Waals surface area contributed by atoms with E-state index >= 15 is 0 Å². The van der Waals surface area contributed by atoms with E-state index < -0.39 is 0 Å². The fourth-order valence-electron chi connectivity index (χ4n) is 1.79. The quantitative estimate of drug-likeness (QED) is 0.722. The van der Waals surface area contributed by atoms with Gasteiger partial charge in [0.05, 0.1) is 6.61 Å². The summed E-state index contributed by atoms with van der Waals surface area (Å²) in [7, 11) is 0. The average molecular weight is 234 g/mol. The van der Waals surface area contributed by atoms with Crippen LogP contribution in [0.15, 0.2) is 30.3 Å². The van der Waals surface area contributed by atoms with E-state index in [1.807, 2.05) is 25.1 Å². The van der Waals surface area contributed by atoms with Crippen molar-refractivity contribution in [2.75, 3.05) is 6.61 Å². The first-order chi connectivity index (χ1) is 8.09. The van der Waals surface area contributed by atoms with Gasteiger partial charge in [-0.3, -0.25) is 4.79 Å². The molecule has 0 spiro atoms. The Kier molecular flexibility index (Phi) is 5.92. The zero-order chi connectivity index (χ0) is 12.7. The number of ether oxygens (including phenoxy) is 1. The van der Waals surface area contributed by atoms with Gasteiger partial charge >= 0.3 is 0 Å². The van der Waals surface area contributed by atoms with Gasteiger partial charge in [-0.05, 0) is 24.8 Å². The van der Waals surface area contributed by atoms with Gasteiger partial charge in [-0.2, -0.15) is 0 Å². The smallest absolute Gasteiger partial charge is 0.132 e. The predicted molar refractivity (Wildman–Crippen MR) is 69.7 cm³/mol. The van der Waals surface area contributed by atoms with Crippen LogP contribution in [0, 0.1) is 11.8 Å². The first-order valence-corrected chi connectivity index (χ1v) is 6.21. The van der Waals surface area contributed by atoms with Crippen LogP contribution in [0.4, 0.5) is 0 Å². The molecule has 0 aromatic heterocycles. The van der Waals surface area contributed by atoms with E-state index in [-0.39, 0.29) is 11.7 Å². The Morgan fingerprint density at radius 2 is 1.88 bits per heavy atom. The van der Waals surface area contributed by atoms with Crippen molar-refractivity contribution in [1.29, 1.82) is 0 Å². The number of rotatable bonds is 7. The topological polar surface area (TPSA) is 26.3 Å². The highest BCUT2D eigenvalue weighted by Gasteiger charge is 2.12. The van der Waals surface area contributed by atoms with Gasteiger partial charge in [0, 0.05) is 12.5 Å². The van der Waals surface area contributed by atoms with Crippen LogP contribution < -0.4 is 0 Å². The number of carbonyl (C=O) groups excluding carboxylic acids is 1. The van der Waals surface area contributed by atoms with Crippen molar-refractivity contribution < 1.29 is 9.53 Å². The predicted octanol–water partition coefficient (Wildman–Crippen LogP) is 3.45. The highest BCUT2D eigenvalue weighted by molar-refractivity contribution is 5.77. The van der Waals surface area contributed by atoms with Gasteiger partial charge in [-0.1, -0.05) is 44.2 Å². The molecule has 0 unspecified atom stereocenters. The van der Waals surface area contributed by atoms with E-state index in [9.17, 15) is 4.79 Å². The van der Waals surface area contributed by atoms with E-state index in [4.69, 9.17) is 4.74 Å². The average Bonchev–Trinajstić information content (AvgIpc) is 2.30. The van der Waals surface area contributed by atoms with Gasteiger partial charge in [-0.25, -0.2) is 0 Å². The normalized spacial score (nSPS) is 14.3. The molecule has 94 valence electrons. The Balaban J connectivity index is 2.20. The molecule has 0 saturated carbocycles. The number of Topliss-reactive ketones (excluding diaryl/α,β-unsaturated/α-hetero) is 1. The van der Waals surface area contributed by atoms with Crippen LogP contribution in [-0.4, -0.2) is 12.4 Å². The van der Waals surface area contributed by atoms with E-state index in [0.29, 0.717) is 19.1 Å². The molecule has 0 radical (unpaired) electrons. The third kappa shape index (κ3) is 5.64. The Morgan fingerprint density at radius 3 is 2.47 bits per heavy atom. The molecule has 0 bridgehead atoms. The van der Waals surface area contributed by atoms with Crippen LogP contribution in [0.25, 0.3) is 0 Å². The summed E-state index contributed by atoms with van der Waals surface area (Å²) in [6.45, 7) is 7.13. The summed E-state index contributed by atoms with van der Waals surface area (Å²) >= 11 is 0. The molecular formula is C15H22O2. The Labute approximate surface area is 104 Å². The lowest BCUT2D eigenvalue weighted by Gasteiger charge is -2.15. The monoisotopic (exact) mass is 234 g/mol. The third-order valence-electron chi connectivity index (χ3n) is 2.96. The Hall–Kier alpha value is -1.15. The van der Waals surface area contributed by atoms with Crippen LogP contribution in [0.1, 0.15) is 32.8 Å². The number of benzene rings is 1. The lowest BCUT2D eigenvalue weighted by Crippen LogP contribution is -2.14. The molecular weight excluding hydrogens is 212 g/mol. The van der Waals surface area contributed by atoms with E-state index in [2.05, 4.69) is 19.1 Å². The maximum absolute atomic E-state index is 11.1. The van der Waals surface area contributed by atoms with Crippen LogP contribution in [0.2, 0.25) is 0 Å². The maximum atomic E-state index is 11.1. The van der Waals surface area contributed by atoms with Crippen molar-refractivity contribution in [2.24, 2.45) is 11.8 Å². The van der Waals surface area contributed by atoms with Gasteiger partial charge in [0.1, 0.15) is 5.78 Å². The number of hydrogen-bond acceptors (Lipinski definition) is 2. The van der Waals surface area contributed by atoms with Gasteiger partial charge < -0.3 is 4.74 Å². The molecule has 0 amide bonds. The lowest BCUT2D eigenvalue weighted by molar-refractivity contribution is -0.120. The van der Waals surface area contributed by atoms with Crippen molar-refractivity contribution in [1.82, 2.24) is 0 Å². The standard InChI is InChI=1S/C15H22O2/c1-12(9-13(2)14(3)16)10-17-11-15-7-5-4-6-8-15/h4-8,12-13H,9-11H2,1-3H3/t12-,13+/m1/s1. The Morgan fingerprint density at radius 1 is 1.24 bits per heavy atom. The summed E-state index contributed by atoms with van der Waals surface area (Å²) in [6, 6.07) is 10.1. The van der Waals surface area contributed by atoms with Crippen molar-refractivity contribution in [3.8, 4) is 0 Å². The van der Waals surface area contributed by atoms with Crippen LogP contribution in [0.5, 0.6) is 0 Å². The molecule has 2 nitrogen and oxygen atoms in total. The molecule has 0 fully saturated rings. The molecule has 1 rings (SSSR count). The molecule has 0 heterocycles. The molecule has 2 atom stereocenters. The van der Waals surface area contributed by atoms with Crippen molar-refractivity contribution in [2.45, 2.75) is 33.8 Å². The van der Waals surface area contributed by atoms with Crippen molar-refractivity contribution in [3.05, 3.63) is 35.9 Å². The minimum Gasteiger partial charge on any atom is -0.376 e. The number of hydrogen-bond donors (Lipinski definition) is 0. The van der Waals surface area contributed by atoms with Crippen LogP contribution >= 0.6 is 0 Å². The number of carbonyl (C=O) groups is 1. The highest BCUT2D eigenvalue weighted by Crippen LogP contribution is 2.13. The third-order valence-corrected chi connectivity index (χ3v) is 2.96. The van der Waals surface area contributed by atoms with Gasteiger partial charge in [0.15, 0.2) is 0 Å². The molecule has 17 heavy (non-hydrogen) atoms. The lowest BCUT2D eigenvalue weighted by atomic mass is 9.95. The summed E-state index contributed by atoms with van der Waals surface area (Å²) < 4.78 is 5.65. The van der Waals surface area contributed by atoms with E-state index in [1.54, 1.807) is 6.92 Å². The van der Waals surface area contributed by atoms with E-state index in [1.165, 1.54) is 5.56 Å². The SMILES string of the molecule is CC(=O)[C@@H](C)C[C@@H](C)COCc1ccccc1. The summed E-state index contributed by atoms with van der Waals surface area (Å²) in [5, 5.41) is 0. The summed E-state index contributed by atoms with van der Waals surface area (Å²) in [5.74, 6) is 0.836. The summed E-state index contributed by atoms with van der Waals surface area (Å²) in [6.07, 6.45) is 0.907. The molecule has 0 saturated heterocycles. The fraction of sp³-hybridized carbons (Fsp3) is 0.533. The summed E-state index contributed by atoms with van der Waals surface area (Å²) in [5.41, 5.74) is 1.19. The highest BCUT2D eigenvalue weighted by atomic mass is 16.5. The largest absolute Gasteiger partial charge is 0.376 e. The number of ketones is 1. The molecule has 2 heteroatoms. The van der Waals surface area contributed by atoms with Gasteiger partial charge in [0.2, 0.25) is 0 Å². The maximum Gasteiger partial charge on any atom is 0.132 e. The van der Waals surface area contributed by atoms with Crippen molar-refractivity contribution in [3.63, 3.8) is 0 Å². The minimum absolute atomic E-state index is 0.144. The first-order valence-electron chi connectivity index (χ1n) is 6.21. The van der Waals surface area contributed by atoms with Gasteiger partial charge in [-0.15, -0.1) is 0 Å². The molecule has 0 aliphatic rings. The second-order valence-corrected chi connectivity index (χ2v) is 4.85. The Bertz CT molecular complexity index is 332. The zero-order valence-corrected chi connectivity index (χ0v) is 11.0. The second kappa shape index (κ2) is 7.23. The first kappa shape index (κ1) is 13.9. The molecule has 0 N–H and O–H groups in total. The molecule has 0 aliphatic heterocycles. The molecule has 1 aromatic carbocycles. The van der Waals surface area contributed by atoms with Crippen LogP contribution in [-0.2, 0) is 16.1 Å². The molecule has 1 aromatic rings. The van der Waals surface area contributed by atoms with Gasteiger partial charge in [0.25, 0.3) is 0 Å². The van der Waals surface area contributed by atoms with E-state index in [0.717, 1.165) is 6.42 Å². The second-order valence-electron chi connectivity index (χ2n) is 4.85. The van der Waals surface area contributed by atoms with Crippen molar-refractivity contribution >= 4 is 5.78 Å². The van der Waals surface area contributed by atoms with Crippen LogP contribution in [0.3, 0.4) is 0 Å². The summed E-state index contributed by atoms with van der Waals surface area (Å²) in [4.78, 5) is 11.1.